The molecule has 1 nitrogen and oxygen atoms in total. The van der Waals surface area contributed by atoms with E-state index in [1.165, 1.54) is 5.56 Å². The molecule has 0 aromatic heterocycles. The van der Waals surface area contributed by atoms with E-state index in [2.05, 4.69) is 43.0 Å². The van der Waals surface area contributed by atoms with Gasteiger partial charge in [0.1, 0.15) is 0 Å². The Morgan fingerprint density at radius 3 is 2.38 bits per heavy atom. The molecule has 1 aromatic carbocycles. The van der Waals surface area contributed by atoms with Crippen LogP contribution in [0.5, 0.6) is 0 Å². The maximum atomic E-state index is 6.77. The van der Waals surface area contributed by atoms with Crippen LogP contribution in [0.2, 0.25) is 0 Å². The molecule has 0 fully saturated rings. The van der Waals surface area contributed by atoms with E-state index in [9.17, 15) is 0 Å². The highest BCUT2D eigenvalue weighted by Crippen LogP contribution is 2.26. The number of benzene rings is 1. The molecule has 1 aromatic rings. The SMILES string of the molecule is [C-]#[N+]CCC(C)(C)c1ccccc1. The fourth-order valence-electron chi connectivity index (χ4n) is 1.37. The molecule has 68 valence electrons. The van der Waals surface area contributed by atoms with Gasteiger partial charge < -0.3 is 4.85 Å². The summed E-state index contributed by atoms with van der Waals surface area (Å²) in [6.45, 7) is 11.8. The van der Waals surface area contributed by atoms with E-state index < -0.39 is 0 Å². The lowest BCUT2D eigenvalue weighted by molar-refractivity contribution is 0.500. The topological polar surface area (TPSA) is 4.36 Å². The molecular formula is C12H15N. The Morgan fingerprint density at radius 1 is 1.23 bits per heavy atom. The van der Waals surface area contributed by atoms with Crippen molar-refractivity contribution in [3.8, 4) is 0 Å². The van der Waals surface area contributed by atoms with Crippen LogP contribution in [-0.4, -0.2) is 6.54 Å². The molecule has 13 heavy (non-hydrogen) atoms. The van der Waals surface area contributed by atoms with Gasteiger partial charge in [-0.25, -0.2) is 6.57 Å². The highest BCUT2D eigenvalue weighted by Gasteiger charge is 2.20. The molecule has 0 aliphatic carbocycles. The Balaban J connectivity index is 2.76. The van der Waals surface area contributed by atoms with Crippen molar-refractivity contribution in [2.45, 2.75) is 25.7 Å². The number of nitrogens with zero attached hydrogens (tertiary/aromatic N) is 1. The van der Waals surface area contributed by atoms with Gasteiger partial charge in [0.25, 0.3) is 0 Å². The first-order valence-corrected chi connectivity index (χ1v) is 4.55. The van der Waals surface area contributed by atoms with Gasteiger partial charge in [0, 0.05) is 6.42 Å². The molecule has 0 radical (unpaired) electrons. The lowest BCUT2D eigenvalue weighted by Gasteiger charge is -2.22. The Labute approximate surface area is 80.2 Å². The van der Waals surface area contributed by atoms with Gasteiger partial charge in [-0.1, -0.05) is 44.2 Å². The second kappa shape index (κ2) is 4.09. The van der Waals surface area contributed by atoms with E-state index in [-0.39, 0.29) is 5.41 Å². The lowest BCUT2D eigenvalue weighted by atomic mass is 9.82. The van der Waals surface area contributed by atoms with Crippen molar-refractivity contribution in [3.05, 3.63) is 47.3 Å². The zero-order valence-electron chi connectivity index (χ0n) is 8.25. The van der Waals surface area contributed by atoms with Crippen molar-refractivity contribution in [1.29, 1.82) is 0 Å². The summed E-state index contributed by atoms with van der Waals surface area (Å²) in [6, 6.07) is 10.4. The standard InChI is InChI=1S/C12H15N/c1-12(2,9-10-13-3)11-7-5-4-6-8-11/h4-8H,9-10H2,1-2H3. The van der Waals surface area contributed by atoms with E-state index in [0.717, 1.165) is 6.42 Å². The predicted octanol–water partition coefficient (Wildman–Crippen LogP) is 3.27. The van der Waals surface area contributed by atoms with Crippen LogP contribution in [-0.2, 0) is 5.41 Å². The molecule has 0 N–H and O–H groups in total. The third-order valence-corrected chi connectivity index (χ3v) is 2.40. The molecule has 1 heteroatoms. The van der Waals surface area contributed by atoms with Crippen LogP contribution < -0.4 is 0 Å². The van der Waals surface area contributed by atoms with Crippen molar-refractivity contribution in [2.24, 2.45) is 0 Å². The molecule has 0 heterocycles. The molecule has 0 aliphatic rings. The molecule has 0 bridgehead atoms. The number of rotatable bonds is 3. The van der Waals surface area contributed by atoms with Crippen LogP contribution >= 0.6 is 0 Å². The van der Waals surface area contributed by atoms with Crippen LogP contribution in [0.1, 0.15) is 25.8 Å². The molecule has 1 rings (SSSR count). The quantitative estimate of drug-likeness (QED) is 0.618. The van der Waals surface area contributed by atoms with Gasteiger partial charge in [0.2, 0.25) is 6.54 Å². The van der Waals surface area contributed by atoms with Crippen molar-refractivity contribution in [1.82, 2.24) is 0 Å². The van der Waals surface area contributed by atoms with E-state index in [4.69, 9.17) is 6.57 Å². The van der Waals surface area contributed by atoms with E-state index in [1.54, 1.807) is 0 Å². The minimum Gasteiger partial charge on any atom is -0.317 e. The summed E-state index contributed by atoms with van der Waals surface area (Å²) in [5.41, 5.74) is 1.45. The largest absolute Gasteiger partial charge is 0.317 e. The summed E-state index contributed by atoms with van der Waals surface area (Å²) >= 11 is 0. The molecule has 0 amide bonds. The normalized spacial score (nSPS) is 10.8. The van der Waals surface area contributed by atoms with Crippen molar-refractivity contribution in [2.75, 3.05) is 6.54 Å². The van der Waals surface area contributed by atoms with E-state index >= 15 is 0 Å². The van der Waals surface area contributed by atoms with Crippen molar-refractivity contribution in [3.63, 3.8) is 0 Å². The van der Waals surface area contributed by atoms with Gasteiger partial charge in [-0.2, -0.15) is 0 Å². The Morgan fingerprint density at radius 2 is 1.85 bits per heavy atom. The van der Waals surface area contributed by atoms with E-state index in [1.807, 2.05) is 6.07 Å². The molecular weight excluding hydrogens is 158 g/mol. The van der Waals surface area contributed by atoms with Crippen molar-refractivity contribution < 1.29 is 0 Å². The summed E-state index contributed by atoms with van der Waals surface area (Å²) < 4.78 is 0. The summed E-state index contributed by atoms with van der Waals surface area (Å²) in [5, 5.41) is 0. The van der Waals surface area contributed by atoms with Gasteiger partial charge in [-0.05, 0) is 11.0 Å². The van der Waals surface area contributed by atoms with Crippen LogP contribution in [0.4, 0.5) is 0 Å². The highest BCUT2D eigenvalue weighted by molar-refractivity contribution is 5.23. The average Bonchev–Trinajstić information content (AvgIpc) is 2.16. The smallest absolute Gasteiger partial charge is 0.215 e. The zero-order valence-corrected chi connectivity index (χ0v) is 8.25. The summed E-state index contributed by atoms with van der Waals surface area (Å²) in [5.74, 6) is 0. The first-order valence-electron chi connectivity index (χ1n) is 4.55. The molecule has 0 spiro atoms. The van der Waals surface area contributed by atoms with Gasteiger partial charge in [0.15, 0.2) is 0 Å². The first-order chi connectivity index (χ1) is 6.17. The summed E-state index contributed by atoms with van der Waals surface area (Å²) in [4.78, 5) is 3.40. The third kappa shape index (κ3) is 2.59. The number of hydrogen-bond acceptors (Lipinski definition) is 0. The first kappa shape index (κ1) is 9.80. The van der Waals surface area contributed by atoms with Gasteiger partial charge in [-0.15, -0.1) is 0 Å². The molecule has 0 unspecified atom stereocenters. The zero-order chi connectivity index (χ0) is 9.73. The fraction of sp³-hybridized carbons (Fsp3) is 0.417. The molecule has 0 atom stereocenters. The maximum absolute atomic E-state index is 6.77. The Hall–Kier alpha value is -1.29. The van der Waals surface area contributed by atoms with Gasteiger partial charge >= 0.3 is 0 Å². The summed E-state index contributed by atoms with van der Waals surface area (Å²) in [7, 11) is 0. The fourth-order valence-corrected chi connectivity index (χ4v) is 1.37. The average molecular weight is 173 g/mol. The highest BCUT2D eigenvalue weighted by atomic mass is 14.6. The summed E-state index contributed by atoms with van der Waals surface area (Å²) in [6.07, 6.45) is 0.931. The predicted molar refractivity (Wildman–Crippen MR) is 55.6 cm³/mol. The maximum Gasteiger partial charge on any atom is 0.215 e. The van der Waals surface area contributed by atoms with Crippen molar-refractivity contribution >= 4 is 0 Å². The van der Waals surface area contributed by atoms with Crippen LogP contribution in [0.25, 0.3) is 4.85 Å². The molecule has 0 aliphatic heterocycles. The second-order valence-electron chi connectivity index (χ2n) is 3.88. The second-order valence-corrected chi connectivity index (χ2v) is 3.88. The van der Waals surface area contributed by atoms with Crippen LogP contribution in [0.3, 0.4) is 0 Å². The molecule has 0 saturated carbocycles. The third-order valence-electron chi connectivity index (χ3n) is 2.40. The van der Waals surface area contributed by atoms with Gasteiger partial charge in [0.05, 0.1) is 0 Å². The Kier molecular flexibility index (Phi) is 3.08. The van der Waals surface area contributed by atoms with Gasteiger partial charge in [-0.3, -0.25) is 0 Å². The molecule has 0 saturated heterocycles. The lowest BCUT2D eigenvalue weighted by Crippen LogP contribution is -2.17. The van der Waals surface area contributed by atoms with Crippen LogP contribution in [0.15, 0.2) is 30.3 Å². The minimum atomic E-state index is 0.131. The van der Waals surface area contributed by atoms with Crippen LogP contribution in [0, 0.1) is 6.57 Å². The minimum absolute atomic E-state index is 0.131. The number of hydrogen-bond donors (Lipinski definition) is 0. The monoisotopic (exact) mass is 173 g/mol. The Bertz CT molecular complexity index is 293. The van der Waals surface area contributed by atoms with E-state index in [0.29, 0.717) is 6.54 Å².